The first-order valence-electron chi connectivity index (χ1n) is 9.17. The molecule has 0 aliphatic heterocycles. The Labute approximate surface area is 176 Å². The number of nitrogens with zero attached hydrogens (tertiary/aromatic N) is 2. The maximum absolute atomic E-state index is 12.5. The number of nitrogens with one attached hydrogen (secondary N) is 2. The summed E-state index contributed by atoms with van der Waals surface area (Å²) in [6.07, 6.45) is 3.05. The van der Waals surface area contributed by atoms with Crippen LogP contribution in [0.4, 0.5) is 0 Å². The summed E-state index contributed by atoms with van der Waals surface area (Å²) in [6, 6.07) is 16.0. The van der Waals surface area contributed by atoms with Gasteiger partial charge in [-0.05, 0) is 29.8 Å². The lowest BCUT2D eigenvalue weighted by Gasteiger charge is -2.10. The summed E-state index contributed by atoms with van der Waals surface area (Å²) in [6.45, 7) is 0.407. The lowest BCUT2D eigenvalue weighted by Crippen LogP contribution is -2.23. The van der Waals surface area contributed by atoms with E-state index in [1.807, 2.05) is 30.3 Å². The van der Waals surface area contributed by atoms with Gasteiger partial charge in [0, 0.05) is 12.7 Å². The fraction of sp³-hybridized carbons (Fsp3) is 0.0909. The van der Waals surface area contributed by atoms with Crippen LogP contribution in [0.15, 0.2) is 71.8 Å². The van der Waals surface area contributed by atoms with Gasteiger partial charge in [-0.2, -0.15) is 0 Å². The highest BCUT2D eigenvalue weighted by Crippen LogP contribution is 2.23. The molecule has 0 unspecified atom stereocenters. The van der Waals surface area contributed by atoms with Gasteiger partial charge in [-0.25, -0.2) is 4.98 Å². The van der Waals surface area contributed by atoms with Crippen LogP contribution >= 0.6 is 11.6 Å². The topological polar surface area (TPSA) is 97.0 Å². The Morgan fingerprint density at radius 3 is 2.80 bits per heavy atom. The molecular weight excluding hydrogens is 404 g/mol. The standard InChI is InChI=1S/C22H17ClN4O3/c23-18-7-6-15(10-17(18)21(28)25-11-14-4-2-1-3-5-14)30-13-20-26-19-12-24-9-8-16(19)22(29)27-20/h1-10,12H,11,13H2,(H,25,28)(H,26,27,29). The molecule has 150 valence electrons. The monoisotopic (exact) mass is 420 g/mol. The van der Waals surface area contributed by atoms with Gasteiger partial charge in [-0.15, -0.1) is 0 Å². The number of aromatic amines is 1. The second kappa shape index (κ2) is 8.75. The van der Waals surface area contributed by atoms with Gasteiger partial charge in [0.05, 0.1) is 27.7 Å². The zero-order valence-electron chi connectivity index (χ0n) is 15.8. The maximum Gasteiger partial charge on any atom is 0.258 e. The molecule has 2 aromatic carbocycles. The average molecular weight is 421 g/mol. The van der Waals surface area contributed by atoms with Crippen LogP contribution in [0.1, 0.15) is 21.7 Å². The third kappa shape index (κ3) is 4.47. The molecule has 8 heteroatoms. The van der Waals surface area contributed by atoms with Crippen molar-refractivity contribution in [2.24, 2.45) is 0 Å². The van der Waals surface area contributed by atoms with Gasteiger partial charge in [-0.1, -0.05) is 41.9 Å². The zero-order chi connectivity index (χ0) is 20.9. The number of H-pyrrole nitrogens is 1. The maximum atomic E-state index is 12.5. The Kier molecular flexibility index (Phi) is 5.72. The normalized spacial score (nSPS) is 10.7. The Morgan fingerprint density at radius 1 is 1.13 bits per heavy atom. The summed E-state index contributed by atoms with van der Waals surface area (Å²) < 4.78 is 5.71. The van der Waals surface area contributed by atoms with E-state index in [2.05, 4.69) is 20.3 Å². The van der Waals surface area contributed by atoms with Gasteiger partial charge in [0.2, 0.25) is 0 Å². The molecule has 0 saturated carbocycles. The molecule has 0 aliphatic carbocycles. The Balaban J connectivity index is 1.46. The largest absolute Gasteiger partial charge is 0.486 e. The van der Waals surface area contributed by atoms with Gasteiger partial charge in [0.15, 0.2) is 0 Å². The second-order valence-corrected chi connectivity index (χ2v) is 6.91. The van der Waals surface area contributed by atoms with Crippen molar-refractivity contribution in [3.63, 3.8) is 0 Å². The minimum absolute atomic E-state index is 0.0206. The van der Waals surface area contributed by atoms with E-state index in [4.69, 9.17) is 16.3 Å². The smallest absolute Gasteiger partial charge is 0.258 e. The third-order valence-corrected chi connectivity index (χ3v) is 4.74. The zero-order valence-corrected chi connectivity index (χ0v) is 16.5. The molecule has 1 amide bonds. The Morgan fingerprint density at radius 2 is 1.97 bits per heavy atom. The highest BCUT2D eigenvalue weighted by molar-refractivity contribution is 6.33. The molecule has 4 aromatic rings. The summed E-state index contributed by atoms with van der Waals surface area (Å²) >= 11 is 6.19. The van der Waals surface area contributed by atoms with E-state index in [9.17, 15) is 9.59 Å². The summed E-state index contributed by atoms with van der Waals surface area (Å²) in [4.78, 5) is 35.7. The fourth-order valence-corrected chi connectivity index (χ4v) is 3.10. The van der Waals surface area contributed by atoms with Crippen LogP contribution in [0.3, 0.4) is 0 Å². The first-order valence-corrected chi connectivity index (χ1v) is 9.55. The highest BCUT2D eigenvalue weighted by atomic mass is 35.5. The number of amides is 1. The molecular formula is C22H17ClN4O3. The number of halogens is 1. The Bertz CT molecular complexity index is 1260. The Hall–Kier alpha value is -3.71. The summed E-state index contributed by atoms with van der Waals surface area (Å²) in [7, 11) is 0. The number of carbonyl (C=O) groups excluding carboxylic acids is 1. The van der Waals surface area contributed by atoms with Crippen molar-refractivity contribution in [3.8, 4) is 5.75 Å². The SMILES string of the molecule is O=C(NCc1ccccc1)c1cc(OCc2nc3cnccc3c(=O)[nH]2)ccc1Cl. The quantitative estimate of drug-likeness (QED) is 0.497. The number of pyridine rings is 1. The van der Waals surface area contributed by atoms with Crippen molar-refractivity contribution in [1.29, 1.82) is 0 Å². The second-order valence-electron chi connectivity index (χ2n) is 6.50. The molecule has 2 N–H and O–H groups in total. The molecule has 2 aromatic heterocycles. The van der Waals surface area contributed by atoms with E-state index >= 15 is 0 Å². The van der Waals surface area contributed by atoms with E-state index in [1.54, 1.807) is 24.3 Å². The molecule has 30 heavy (non-hydrogen) atoms. The summed E-state index contributed by atoms with van der Waals surface area (Å²) in [5, 5.41) is 3.61. The van der Waals surface area contributed by atoms with Crippen LogP contribution in [0, 0.1) is 0 Å². The minimum Gasteiger partial charge on any atom is -0.486 e. The number of aromatic nitrogens is 3. The van der Waals surface area contributed by atoms with Crippen LogP contribution in [0.2, 0.25) is 5.02 Å². The number of ether oxygens (including phenoxy) is 1. The lowest BCUT2D eigenvalue weighted by molar-refractivity contribution is 0.0950. The van der Waals surface area contributed by atoms with Crippen molar-refractivity contribution >= 4 is 28.4 Å². The van der Waals surface area contributed by atoms with Gasteiger partial charge >= 0.3 is 0 Å². The van der Waals surface area contributed by atoms with Gasteiger partial charge in [-0.3, -0.25) is 14.6 Å². The number of hydrogen-bond donors (Lipinski definition) is 2. The van der Waals surface area contributed by atoms with Gasteiger partial charge < -0.3 is 15.0 Å². The minimum atomic E-state index is -0.308. The van der Waals surface area contributed by atoms with E-state index in [-0.39, 0.29) is 18.1 Å². The van der Waals surface area contributed by atoms with Crippen molar-refractivity contribution in [3.05, 3.63) is 99.3 Å². The van der Waals surface area contributed by atoms with Crippen LogP contribution in [0.5, 0.6) is 5.75 Å². The highest BCUT2D eigenvalue weighted by Gasteiger charge is 2.12. The molecule has 0 saturated heterocycles. The number of rotatable bonds is 6. The fourth-order valence-electron chi connectivity index (χ4n) is 2.90. The summed E-state index contributed by atoms with van der Waals surface area (Å²) in [5.41, 5.74) is 1.50. The van der Waals surface area contributed by atoms with Crippen LogP contribution in [0.25, 0.3) is 10.9 Å². The van der Waals surface area contributed by atoms with E-state index in [0.29, 0.717) is 39.6 Å². The molecule has 0 aliphatic rings. The van der Waals surface area contributed by atoms with Crippen molar-refractivity contribution in [2.75, 3.05) is 0 Å². The molecule has 4 rings (SSSR count). The molecule has 0 atom stereocenters. The van der Waals surface area contributed by atoms with E-state index < -0.39 is 0 Å². The first-order chi connectivity index (χ1) is 14.6. The van der Waals surface area contributed by atoms with E-state index in [1.165, 1.54) is 12.4 Å². The first kappa shape index (κ1) is 19.6. The number of fused-ring (bicyclic) bond motifs is 1. The van der Waals surface area contributed by atoms with Crippen molar-refractivity contribution < 1.29 is 9.53 Å². The predicted molar refractivity (Wildman–Crippen MR) is 114 cm³/mol. The number of benzene rings is 2. The van der Waals surface area contributed by atoms with E-state index in [0.717, 1.165) is 5.56 Å². The third-order valence-electron chi connectivity index (χ3n) is 4.41. The lowest BCUT2D eigenvalue weighted by atomic mass is 10.2. The van der Waals surface area contributed by atoms with Crippen molar-refractivity contribution in [2.45, 2.75) is 13.2 Å². The van der Waals surface area contributed by atoms with Crippen LogP contribution in [-0.2, 0) is 13.2 Å². The number of carbonyl (C=O) groups is 1. The van der Waals surface area contributed by atoms with Gasteiger partial charge in [0.1, 0.15) is 18.2 Å². The predicted octanol–water partition coefficient (Wildman–Crippen LogP) is 3.48. The average Bonchev–Trinajstić information content (AvgIpc) is 2.77. The molecule has 0 fully saturated rings. The number of hydrogen-bond acceptors (Lipinski definition) is 5. The summed E-state index contributed by atoms with van der Waals surface area (Å²) in [5.74, 6) is 0.473. The van der Waals surface area contributed by atoms with Crippen LogP contribution < -0.4 is 15.6 Å². The molecule has 0 radical (unpaired) electrons. The van der Waals surface area contributed by atoms with Crippen molar-refractivity contribution in [1.82, 2.24) is 20.3 Å². The molecule has 2 heterocycles. The molecule has 7 nitrogen and oxygen atoms in total. The molecule has 0 spiro atoms. The molecule has 0 bridgehead atoms. The van der Waals surface area contributed by atoms with Gasteiger partial charge in [0.25, 0.3) is 11.5 Å². The van der Waals surface area contributed by atoms with Crippen LogP contribution in [-0.4, -0.2) is 20.9 Å².